The number of ether oxygens (including phenoxy) is 2. The second-order valence-corrected chi connectivity index (χ2v) is 7.72. The molecule has 1 aromatic carbocycles. The van der Waals surface area contributed by atoms with E-state index in [0.717, 1.165) is 24.8 Å². The minimum Gasteiger partial charge on any atom is -0.480 e. The fourth-order valence-electron chi connectivity index (χ4n) is 4.28. The summed E-state index contributed by atoms with van der Waals surface area (Å²) in [5.74, 6) is -0.212. The van der Waals surface area contributed by atoms with Crippen LogP contribution in [0.3, 0.4) is 0 Å². The number of hydrogen-bond acceptors (Lipinski definition) is 4. The van der Waals surface area contributed by atoms with Gasteiger partial charge in [0.25, 0.3) is 0 Å². The Labute approximate surface area is 166 Å². The van der Waals surface area contributed by atoms with Gasteiger partial charge in [0.05, 0.1) is 24.9 Å². The Kier molecular flexibility index (Phi) is 7.43. The first-order valence-corrected chi connectivity index (χ1v) is 10.1. The highest BCUT2D eigenvalue weighted by molar-refractivity contribution is 5.67. The zero-order chi connectivity index (χ0) is 19.9. The molecule has 2 bridgehead atoms. The smallest absolute Gasteiger partial charge is 0.329 e. The minimum absolute atomic E-state index is 0.0432. The summed E-state index contributed by atoms with van der Waals surface area (Å²) in [5, 5.41) is 19.2. The molecule has 3 rings (SSSR count). The number of carbonyl (C=O) groups is 1. The maximum atomic E-state index is 10.6. The van der Waals surface area contributed by atoms with Gasteiger partial charge in [-0.25, -0.2) is 4.79 Å². The first-order valence-electron chi connectivity index (χ1n) is 10.1. The second-order valence-electron chi connectivity index (χ2n) is 7.72. The summed E-state index contributed by atoms with van der Waals surface area (Å²) < 4.78 is 11.1. The minimum atomic E-state index is -0.955. The molecule has 0 aromatic heterocycles. The van der Waals surface area contributed by atoms with Crippen LogP contribution in [0, 0.1) is 11.8 Å². The van der Waals surface area contributed by atoms with E-state index in [2.05, 4.69) is 12.2 Å². The molecule has 2 N–H and O–H groups in total. The third-order valence-electron chi connectivity index (χ3n) is 5.87. The van der Waals surface area contributed by atoms with Crippen molar-refractivity contribution >= 4 is 5.97 Å². The van der Waals surface area contributed by atoms with Crippen LogP contribution in [-0.2, 0) is 14.3 Å². The van der Waals surface area contributed by atoms with Gasteiger partial charge in [-0.1, -0.05) is 61.6 Å². The van der Waals surface area contributed by atoms with E-state index in [1.54, 1.807) is 0 Å². The zero-order valence-electron chi connectivity index (χ0n) is 16.3. The Hall–Kier alpha value is -1.95. The fraction of sp³-hybridized carbons (Fsp3) is 0.522. The highest BCUT2D eigenvalue weighted by atomic mass is 16.5. The van der Waals surface area contributed by atoms with Crippen molar-refractivity contribution in [3.05, 3.63) is 60.2 Å². The Morgan fingerprint density at radius 2 is 2.00 bits per heavy atom. The molecule has 5 nitrogen and oxygen atoms in total. The quantitative estimate of drug-likeness (QED) is 0.475. The lowest BCUT2D eigenvalue weighted by molar-refractivity contribution is -0.141. The van der Waals surface area contributed by atoms with Crippen molar-refractivity contribution in [1.29, 1.82) is 0 Å². The summed E-state index contributed by atoms with van der Waals surface area (Å²) in [6.07, 6.45) is 11.0. The number of carboxylic acid groups (broad SMARTS) is 1. The standard InChI is InChI=1S/C23H30O5/c1-16(17-7-3-2-4-8-17)20(24)11-10-19-18(21-12-13-22(19)28-21)9-5-6-14-27-15-23(25)26/h2-8,10-11,16,18-22,24H,9,12-15H2,1H3,(H,25,26)/b6-5-,11-10+/t16-,18+,19-,20+,21?,22?/m0/s1. The first kappa shape index (κ1) is 20.8. The van der Waals surface area contributed by atoms with Gasteiger partial charge in [0.15, 0.2) is 0 Å². The van der Waals surface area contributed by atoms with Crippen molar-refractivity contribution in [1.82, 2.24) is 0 Å². The van der Waals surface area contributed by atoms with Crippen LogP contribution in [0.1, 0.15) is 37.7 Å². The summed E-state index contributed by atoms with van der Waals surface area (Å²) in [6.45, 7) is 2.07. The highest BCUT2D eigenvalue weighted by Crippen LogP contribution is 2.46. The molecule has 2 heterocycles. The molecule has 2 aliphatic rings. The lowest BCUT2D eigenvalue weighted by Gasteiger charge is -2.25. The molecule has 6 atom stereocenters. The molecule has 0 radical (unpaired) electrons. The number of benzene rings is 1. The van der Waals surface area contributed by atoms with Gasteiger partial charge in [0, 0.05) is 11.8 Å². The molecule has 5 heteroatoms. The summed E-state index contributed by atoms with van der Waals surface area (Å²) in [5.41, 5.74) is 1.13. The SMILES string of the molecule is C[C@@H](c1ccccc1)[C@H](O)/C=C/[C@@H]1C2CCC(O2)[C@@H]1C/C=C\COCC(=O)O. The van der Waals surface area contributed by atoms with Crippen molar-refractivity contribution in [2.75, 3.05) is 13.2 Å². The number of carboxylic acids is 1. The van der Waals surface area contributed by atoms with Crippen LogP contribution in [0.2, 0.25) is 0 Å². The molecule has 1 aromatic rings. The fourth-order valence-corrected chi connectivity index (χ4v) is 4.28. The largest absolute Gasteiger partial charge is 0.480 e. The number of hydrogen-bond donors (Lipinski definition) is 2. The van der Waals surface area contributed by atoms with Gasteiger partial charge in [-0.05, 0) is 30.7 Å². The number of allylic oxidation sites excluding steroid dienone is 1. The summed E-state index contributed by atoms with van der Waals surface area (Å²) in [7, 11) is 0. The maximum absolute atomic E-state index is 10.6. The van der Waals surface area contributed by atoms with Crippen molar-refractivity contribution in [2.24, 2.45) is 11.8 Å². The van der Waals surface area contributed by atoms with Crippen molar-refractivity contribution in [3.8, 4) is 0 Å². The van der Waals surface area contributed by atoms with E-state index >= 15 is 0 Å². The van der Waals surface area contributed by atoms with Crippen LogP contribution in [-0.4, -0.2) is 47.7 Å². The molecule has 2 unspecified atom stereocenters. The van der Waals surface area contributed by atoms with Gasteiger partial charge >= 0.3 is 5.97 Å². The Balaban J connectivity index is 1.54. The van der Waals surface area contributed by atoms with Crippen LogP contribution in [0.5, 0.6) is 0 Å². The predicted octanol–water partition coefficient (Wildman–Crippen LogP) is 3.55. The lowest BCUT2D eigenvalue weighted by atomic mass is 9.77. The van der Waals surface area contributed by atoms with E-state index in [-0.39, 0.29) is 24.7 Å². The van der Waals surface area contributed by atoms with E-state index in [9.17, 15) is 9.90 Å². The molecule has 0 saturated carbocycles. The molecule has 2 fully saturated rings. The number of aliphatic carboxylic acids is 1. The van der Waals surface area contributed by atoms with Crippen LogP contribution < -0.4 is 0 Å². The average Bonchev–Trinajstić information content (AvgIpc) is 3.30. The molecular weight excluding hydrogens is 356 g/mol. The van der Waals surface area contributed by atoms with Gasteiger partial charge in [-0.2, -0.15) is 0 Å². The average molecular weight is 386 g/mol. The number of aliphatic hydroxyl groups is 1. The predicted molar refractivity (Wildman–Crippen MR) is 107 cm³/mol. The summed E-state index contributed by atoms with van der Waals surface area (Å²) in [6, 6.07) is 10.1. The Bertz CT molecular complexity index is 683. The zero-order valence-corrected chi connectivity index (χ0v) is 16.3. The summed E-state index contributed by atoms with van der Waals surface area (Å²) in [4.78, 5) is 10.4. The van der Waals surface area contributed by atoms with Crippen molar-refractivity contribution in [3.63, 3.8) is 0 Å². The first-order chi connectivity index (χ1) is 13.6. The molecule has 28 heavy (non-hydrogen) atoms. The number of aliphatic hydroxyl groups excluding tert-OH is 1. The molecule has 0 aliphatic carbocycles. The van der Waals surface area contributed by atoms with Gasteiger partial charge in [0.1, 0.15) is 6.61 Å². The Morgan fingerprint density at radius 3 is 2.75 bits per heavy atom. The van der Waals surface area contributed by atoms with Crippen LogP contribution in [0.4, 0.5) is 0 Å². The van der Waals surface area contributed by atoms with Gasteiger partial charge in [0.2, 0.25) is 0 Å². The molecule has 0 spiro atoms. The number of rotatable bonds is 10. The van der Waals surface area contributed by atoms with E-state index < -0.39 is 12.1 Å². The normalized spacial score (nSPS) is 28.9. The molecule has 2 saturated heterocycles. The van der Waals surface area contributed by atoms with Gasteiger partial charge in [-0.15, -0.1) is 0 Å². The van der Waals surface area contributed by atoms with Crippen LogP contribution >= 0.6 is 0 Å². The molecular formula is C23H30O5. The third kappa shape index (κ3) is 5.31. The van der Waals surface area contributed by atoms with E-state index in [0.29, 0.717) is 18.4 Å². The monoisotopic (exact) mass is 386 g/mol. The van der Waals surface area contributed by atoms with Crippen LogP contribution in [0.25, 0.3) is 0 Å². The second kappa shape index (κ2) is 10.0. The van der Waals surface area contributed by atoms with Crippen LogP contribution in [0.15, 0.2) is 54.6 Å². The highest BCUT2D eigenvalue weighted by Gasteiger charge is 2.46. The third-order valence-corrected chi connectivity index (χ3v) is 5.87. The lowest BCUT2D eigenvalue weighted by Crippen LogP contribution is -2.26. The Morgan fingerprint density at radius 1 is 1.25 bits per heavy atom. The molecule has 0 amide bonds. The molecule has 2 aliphatic heterocycles. The maximum Gasteiger partial charge on any atom is 0.329 e. The summed E-state index contributed by atoms with van der Waals surface area (Å²) >= 11 is 0. The van der Waals surface area contributed by atoms with E-state index in [1.165, 1.54) is 0 Å². The van der Waals surface area contributed by atoms with Gasteiger partial charge < -0.3 is 19.7 Å². The molecule has 152 valence electrons. The van der Waals surface area contributed by atoms with Crippen molar-refractivity contribution in [2.45, 2.75) is 50.4 Å². The van der Waals surface area contributed by atoms with Gasteiger partial charge in [-0.3, -0.25) is 0 Å². The van der Waals surface area contributed by atoms with Crippen molar-refractivity contribution < 1.29 is 24.5 Å². The number of fused-ring (bicyclic) bond motifs is 2. The van der Waals surface area contributed by atoms with E-state index in [1.807, 2.05) is 49.4 Å². The topological polar surface area (TPSA) is 76.0 Å². The van der Waals surface area contributed by atoms with E-state index in [4.69, 9.17) is 14.6 Å².